The maximum absolute atomic E-state index is 12.8. The molecular formula is C24H24N6O5. The largest absolute Gasteiger partial charge is 0.497 e. The number of fused-ring (bicyclic) bond motifs is 1. The number of carbonyl (C=O) groups excluding carboxylic acids is 1. The number of methoxy groups -OCH3 is 1. The van der Waals surface area contributed by atoms with Gasteiger partial charge in [0.1, 0.15) is 24.4 Å². The molecule has 1 fully saturated rings. The molecule has 4 aromatic rings. The molecule has 11 heteroatoms. The van der Waals surface area contributed by atoms with Crippen molar-refractivity contribution in [1.82, 2.24) is 19.5 Å². The van der Waals surface area contributed by atoms with Crippen LogP contribution in [0.15, 0.2) is 60.9 Å². The van der Waals surface area contributed by atoms with Crippen molar-refractivity contribution in [3.05, 3.63) is 66.5 Å². The predicted molar refractivity (Wildman–Crippen MR) is 128 cm³/mol. The van der Waals surface area contributed by atoms with Gasteiger partial charge in [-0.2, -0.15) is 0 Å². The fraction of sp³-hybridized carbons (Fsp3) is 0.250. The summed E-state index contributed by atoms with van der Waals surface area (Å²) in [6.45, 7) is -0.321. The van der Waals surface area contributed by atoms with Crippen molar-refractivity contribution >= 4 is 34.5 Å². The number of aromatic nitrogens is 4. The van der Waals surface area contributed by atoms with E-state index in [1.54, 1.807) is 48.1 Å². The highest BCUT2D eigenvalue weighted by Crippen LogP contribution is 2.36. The minimum Gasteiger partial charge on any atom is -0.497 e. The van der Waals surface area contributed by atoms with Gasteiger partial charge in [-0.3, -0.25) is 9.36 Å². The van der Waals surface area contributed by atoms with Gasteiger partial charge in [-0.25, -0.2) is 15.0 Å². The lowest BCUT2D eigenvalue weighted by atomic mass is 10.2. The molecule has 1 saturated heterocycles. The maximum Gasteiger partial charge on any atom is 0.256 e. The van der Waals surface area contributed by atoms with Crippen LogP contribution in [-0.4, -0.2) is 61.6 Å². The molecule has 3 atom stereocenters. The minimum atomic E-state index is -0.852. The summed E-state index contributed by atoms with van der Waals surface area (Å²) in [6, 6.07) is 16.0. The first-order chi connectivity index (χ1) is 17.1. The van der Waals surface area contributed by atoms with Crippen molar-refractivity contribution < 1.29 is 24.5 Å². The summed E-state index contributed by atoms with van der Waals surface area (Å²) in [7, 11) is 1.59. The summed E-state index contributed by atoms with van der Waals surface area (Å²) in [5.41, 5.74) is 1.94. The molecule has 35 heavy (non-hydrogen) atoms. The Hall–Kier alpha value is -4.06. The first kappa shape index (κ1) is 22.7. The SMILES string of the molecule is COc1ccc(Nc2nc3c(NC(=O)c4ccccc4)ncnc3n2[C@H]2C[C@H](O)[C@@H](CO)O2)cc1. The number of hydrogen-bond donors (Lipinski definition) is 4. The van der Waals surface area contributed by atoms with Crippen LogP contribution in [-0.2, 0) is 4.74 Å². The van der Waals surface area contributed by atoms with Gasteiger partial charge in [0.25, 0.3) is 5.91 Å². The molecule has 1 aliphatic rings. The summed E-state index contributed by atoms with van der Waals surface area (Å²) in [5.74, 6) is 0.973. The molecule has 3 heterocycles. The third-order valence-corrected chi connectivity index (χ3v) is 5.76. The highest BCUT2D eigenvalue weighted by atomic mass is 16.5. The number of hydrogen-bond acceptors (Lipinski definition) is 9. The van der Waals surface area contributed by atoms with Crippen LogP contribution in [0.2, 0.25) is 0 Å². The molecule has 4 N–H and O–H groups in total. The summed E-state index contributed by atoms with van der Waals surface area (Å²) < 4.78 is 12.8. The number of rotatable bonds is 7. The zero-order chi connectivity index (χ0) is 24.4. The van der Waals surface area contributed by atoms with Crippen LogP contribution in [0.4, 0.5) is 17.5 Å². The summed E-state index contributed by atoms with van der Waals surface area (Å²) >= 11 is 0. The number of carbonyl (C=O) groups is 1. The minimum absolute atomic E-state index is 0.226. The summed E-state index contributed by atoms with van der Waals surface area (Å²) in [4.78, 5) is 26.1. The van der Waals surface area contributed by atoms with Crippen molar-refractivity contribution in [2.45, 2.75) is 24.9 Å². The molecule has 1 aliphatic heterocycles. The highest BCUT2D eigenvalue weighted by Gasteiger charge is 2.37. The van der Waals surface area contributed by atoms with Crippen molar-refractivity contribution in [2.24, 2.45) is 0 Å². The van der Waals surface area contributed by atoms with Gasteiger partial charge >= 0.3 is 0 Å². The van der Waals surface area contributed by atoms with Crippen molar-refractivity contribution in [2.75, 3.05) is 24.4 Å². The molecule has 0 saturated carbocycles. The monoisotopic (exact) mass is 476 g/mol. The number of imidazole rings is 1. The van der Waals surface area contributed by atoms with Gasteiger partial charge in [-0.05, 0) is 36.4 Å². The molecular weight excluding hydrogens is 452 g/mol. The maximum atomic E-state index is 12.8. The van der Waals surface area contributed by atoms with Gasteiger partial charge in [0.2, 0.25) is 5.95 Å². The Bertz CT molecular complexity index is 1330. The number of nitrogens with one attached hydrogen (secondary N) is 2. The van der Waals surface area contributed by atoms with Gasteiger partial charge in [0.15, 0.2) is 17.0 Å². The first-order valence-electron chi connectivity index (χ1n) is 11.0. The van der Waals surface area contributed by atoms with E-state index in [1.165, 1.54) is 6.33 Å². The highest BCUT2D eigenvalue weighted by molar-refractivity contribution is 6.06. The van der Waals surface area contributed by atoms with Crippen molar-refractivity contribution in [3.63, 3.8) is 0 Å². The van der Waals surface area contributed by atoms with Gasteiger partial charge < -0.3 is 30.3 Å². The lowest BCUT2D eigenvalue weighted by molar-refractivity contribution is -0.0425. The second kappa shape index (κ2) is 9.66. The molecule has 0 unspecified atom stereocenters. The van der Waals surface area contributed by atoms with Crippen LogP contribution in [0.25, 0.3) is 11.2 Å². The zero-order valence-electron chi connectivity index (χ0n) is 18.8. The summed E-state index contributed by atoms with van der Waals surface area (Å²) in [6.07, 6.45) is -0.683. The van der Waals surface area contributed by atoms with Crippen molar-refractivity contribution in [1.29, 1.82) is 0 Å². The number of benzene rings is 2. The average molecular weight is 476 g/mol. The topological polar surface area (TPSA) is 144 Å². The van der Waals surface area contributed by atoms with Crippen LogP contribution < -0.4 is 15.4 Å². The lowest BCUT2D eigenvalue weighted by Gasteiger charge is -2.17. The molecule has 2 aromatic heterocycles. The first-order valence-corrected chi connectivity index (χ1v) is 11.0. The molecule has 1 amide bonds. The van der Waals surface area contributed by atoms with E-state index in [-0.39, 0.29) is 24.8 Å². The fourth-order valence-corrected chi connectivity index (χ4v) is 3.97. The van der Waals surface area contributed by atoms with Crippen LogP contribution in [0, 0.1) is 0 Å². The Balaban J connectivity index is 1.55. The molecule has 0 aliphatic carbocycles. The second-order valence-corrected chi connectivity index (χ2v) is 7.99. The molecule has 2 aromatic carbocycles. The number of ether oxygens (including phenoxy) is 2. The van der Waals surface area contributed by atoms with Crippen LogP contribution in [0.1, 0.15) is 23.0 Å². The van der Waals surface area contributed by atoms with E-state index in [9.17, 15) is 15.0 Å². The van der Waals surface area contributed by atoms with Gasteiger partial charge in [-0.1, -0.05) is 18.2 Å². The average Bonchev–Trinajstić information content (AvgIpc) is 3.44. The second-order valence-electron chi connectivity index (χ2n) is 7.99. The quantitative estimate of drug-likeness (QED) is 0.316. The Labute approximate surface area is 200 Å². The third-order valence-electron chi connectivity index (χ3n) is 5.76. The van der Waals surface area contributed by atoms with E-state index in [0.29, 0.717) is 28.4 Å². The molecule has 5 rings (SSSR count). The van der Waals surface area contributed by atoms with E-state index >= 15 is 0 Å². The van der Waals surface area contributed by atoms with E-state index in [1.807, 2.05) is 18.2 Å². The van der Waals surface area contributed by atoms with Crippen LogP contribution >= 0.6 is 0 Å². The Morgan fingerprint density at radius 3 is 2.63 bits per heavy atom. The zero-order valence-corrected chi connectivity index (χ0v) is 18.8. The standard InChI is InChI=1S/C24H24N6O5/c1-34-16-9-7-15(8-10-16)27-24-28-20-21(29-23(33)14-5-3-2-4-6-14)25-13-26-22(20)30(24)19-11-17(32)18(12-31)35-19/h2-10,13,17-19,31-32H,11-12H2,1H3,(H,27,28)(H,25,26,29,33)/t17-,18+,19+/m0/s1. The predicted octanol–water partition coefficient (Wildman–Crippen LogP) is 2.47. The van der Waals surface area contributed by atoms with Gasteiger partial charge in [-0.15, -0.1) is 0 Å². The Kier molecular flexibility index (Phi) is 6.27. The van der Waals surface area contributed by atoms with Crippen molar-refractivity contribution in [3.8, 4) is 5.75 Å². The Morgan fingerprint density at radius 2 is 1.94 bits per heavy atom. The van der Waals surface area contributed by atoms with Gasteiger partial charge in [0.05, 0.1) is 19.8 Å². The number of nitrogens with zero attached hydrogens (tertiary/aromatic N) is 4. The molecule has 180 valence electrons. The molecule has 0 radical (unpaired) electrons. The van der Waals surface area contributed by atoms with Crippen LogP contribution in [0.3, 0.4) is 0 Å². The van der Waals surface area contributed by atoms with E-state index in [2.05, 4.69) is 25.6 Å². The number of aliphatic hydroxyl groups excluding tert-OH is 2. The Morgan fingerprint density at radius 1 is 1.17 bits per heavy atom. The summed E-state index contributed by atoms with van der Waals surface area (Å²) in [5, 5.41) is 25.9. The smallest absolute Gasteiger partial charge is 0.256 e. The molecule has 11 nitrogen and oxygen atoms in total. The van der Waals surface area contributed by atoms with E-state index in [4.69, 9.17) is 9.47 Å². The van der Waals surface area contributed by atoms with Crippen LogP contribution in [0.5, 0.6) is 5.75 Å². The lowest BCUT2D eigenvalue weighted by Crippen LogP contribution is -2.24. The fourth-order valence-electron chi connectivity index (χ4n) is 3.97. The molecule has 0 spiro atoms. The number of anilines is 3. The normalized spacial score (nSPS) is 19.6. The van der Waals surface area contributed by atoms with E-state index in [0.717, 1.165) is 5.69 Å². The number of amides is 1. The van der Waals surface area contributed by atoms with E-state index < -0.39 is 18.4 Å². The molecule has 0 bridgehead atoms. The third kappa shape index (κ3) is 4.52. The number of aliphatic hydroxyl groups is 2. The van der Waals surface area contributed by atoms with Gasteiger partial charge in [0, 0.05) is 17.7 Å².